The van der Waals surface area contributed by atoms with Crippen LogP contribution >= 0.6 is 0 Å². The number of anilines is 3. The summed E-state index contributed by atoms with van der Waals surface area (Å²) in [7, 11) is 0. The van der Waals surface area contributed by atoms with Crippen molar-refractivity contribution >= 4 is 23.0 Å². The predicted molar refractivity (Wildman–Crippen MR) is 117 cm³/mol. The van der Waals surface area contributed by atoms with Gasteiger partial charge in [-0.2, -0.15) is 0 Å². The number of nitrogens with one attached hydrogen (secondary N) is 1. The van der Waals surface area contributed by atoms with Gasteiger partial charge in [0.25, 0.3) is 5.91 Å². The Morgan fingerprint density at radius 2 is 1.93 bits per heavy atom. The zero-order chi connectivity index (χ0) is 21.1. The second kappa shape index (κ2) is 8.48. The predicted octanol–water partition coefficient (Wildman–Crippen LogP) is 1.88. The van der Waals surface area contributed by atoms with Crippen molar-refractivity contribution in [1.82, 2.24) is 9.97 Å². The summed E-state index contributed by atoms with van der Waals surface area (Å²) in [6.07, 6.45) is 3.23. The first-order valence-electron chi connectivity index (χ1n) is 9.77. The molecule has 0 saturated carbocycles. The highest BCUT2D eigenvalue weighted by atomic mass is 16.3. The molecule has 1 saturated heterocycles. The highest BCUT2D eigenvalue weighted by Crippen LogP contribution is 2.28. The van der Waals surface area contributed by atoms with Crippen LogP contribution in [0.3, 0.4) is 0 Å². The van der Waals surface area contributed by atoms with Gasteiger partial charge in [0.05, 0.1) is 35.1 Å². The Hall–Kier alpha value is -3.49. The number of β-amino-alcohol motifs (C(OH)–C–C–N with tert-alkyl or cyclic N) is 1. The normalized spacial score (nSPS) is 18.8. The molecule has 2 aromatic heterocycles. The summed E-state index contributed by atoms with van der Waals surface area (Å²) in [6, 6.07) is 14.7. The summed E-state index contributed by atoms with van der Waals surface area (Å²) in [5, 5.41) is 13.0. The second-order valence-corrected chi connectivity index (χ2v) is 7.40. The van der Waals surface area contributed by atoms with Crippen molar-refractivity contribution in [2.45, 2.75) is 18.6 Å². The monoisotopic (exact) mass is 404 g/mol. The van der Waals surface area contributed by atoms with Gasteiger partial charge < -0.3 is 26.8 Å². The summed E-state index contributed by atoms with van der Waals surface area (Å²) in [4.78, 5) is 23.6. The number of amides is 1. The lowest BCUT2D eigenvalue weighted by Crippen LogP contribution is -2.49. The smallest absolute Gasteiger partial charge is 0.276 e. The number of carbonyl (C=O) groups is 1. The quantitative estimate of drug-likeness (QED) is 0.522. The Kier molecular flexibility index (Phi) is 5.60. The van der Waals surface area contributed by atoms with Crippen LogP contribution in [0.1, 0.15) is 16.9 Å². The van der Waals surface area contributed by atoms with E-state index >= 15 is 0 Å². The number of piperidine rings is 1. The molecule has 1 aromatic carbocycles. The summed E-state index contributed by atoms with van der Waals surface area (Å²) in [6.45, 7) is 1.01. The van der Waals surface area contributed by atoms with Crippen LogP contribution in [0.5, 0.6) is 0 Å². The van der Waals surface area contributed by atoms with Gasteiger partial charge in [0.15, 0.2) is 5.69 Å². The van der Waals surface area contributed by atoms with Crippen LogP contribution in [0.15, 0.2) is 60.9 Å². The SMILES string of the molecule is Nc1ccc(-c2ccccc2)nc1C(=O)Nc1cnccc1N1C[C@@H](N)C[C@H](O)C1. The van der Waals surface area contributed by atoms with Crippen molar-refractivity contribution in [1.29, 1.82) is 0 Å². The molecule has 1 aliphatic heterocycles. The van der Waals surface area contributed by atoms with Gasteiger partial charge in [0.1, 0.15) is 0 Å². The van der Waals surface area contributed by atoms with Crippen LogP contribution < -0.4 is 21.7 Å². The van der Waals surface area contributed by atoms with Gasteiger partial charge in [-0.05, 0) is 24.6 Å². The van der Waals surface area contributed by atoms with Crippen molar-refractivity contribution in [3.8, 4) is 11.3 Å². The molecular weight excluding hydrogens is 380 g/mol. The molecule has 0 bridgehead atoms. The molecule has 8 nitrogen and oxygen atoms in total. The van der Waals surface area contributed by atoms with E-state index in [4.69, 9.17) is 11.5 Å². The van der Waals surface area contributed by atoms with Gasteiger partial charge in [-0.15, -0.1) is 0 Å². The Morgan fingerprint density at radius 1 is 1.13 bits per heavy atom. The minimum absolute atomic E-state index is 0.140. The van der Waals surface area contributed by atoms with Gasteiger partial charge in [-0.25, -0.2) is 4.98 Å². The van der Waals surface area contributed by atoms with E-state index in [0.29, 0.717) is 30.9 Å². The van der Waals surface area contributed by atoms with Gasteiger partial charge in [0, 0.05) is 30.9 Å². The molecule has 0 unspecified atom stereocenters. The van der Waals surface area contributed by atoms with Crippen LogP contribution in [-0.4, -0.2) is 46.2 Å². The second-order valence-electron chi connectivity index (χ2n) is 7.40. The summed E-state index contributed by atoms with van der Waals surface area (Å²) < 4.78 is 0. The van der Waals surface area contributed by atoms with E-state index < -0.39 is 12.0 Å². The Bertz CT molecular complexity index is 1030. The topological polar surface area (TPSA) is 130 Å². The molecule has 6 N–H and O–H groups in total. The number of carbonyl (C=O) groups excluding carboxylic acids is 1. The number of nitrogens with zero attached hydrogens (tertiary/aromatic N) is 3. The van der Waals surface area contributed by atoms with E-state index in [1.54, 1.807) is 30.6 Å². The number of hydrogen-bond acceptors (Lipinski definition) is 7. The lowest BCUT2D eigenvalue weighted by atomic mass is 10.0. The number of aromatic nitrogens is 2. The average molecular weight is 404 g/mol. The van der Waals surface area contributed by atoms with Crippen LogP contribution in [0.25, 0.3) is 11.3 Å². The van der Waals surface area contributed by atoms with E-state index in [-0.39, 0.29) is 17.4 Å². The Morgan fingerprint density at radius 3 is 2.70 bits per heavy atom. The fourth-order valence-electron chi connectivity index (χ4n) is 3.67. The summed E-state index contributed by atoms with van der Waals surface area (Å²) in [5.74, 6) is -0.429. The summed E-state index contributed by atoms with van der Waals surface area (Å²) >= 11 is 0. The lowest BCUT2D eigenvalue weighted by Gasteiger charge is -2.36. The van der Waals surface area contributed by atoms with Crippen LogP contribution in [0.4, 0.5) is 17.1 Å². The van der Waals surface area contributed by atoms with Gasteiger partial charge >= 0.3 is 0 Å². The first-order valence-corrected chi connectivity index (χ1v) is 9.77. The highest BCUT2D eigenvalue weighted by molar-refractivity contribution is 6.07. The number of aliphatic hydroxyl groups excluding tert-OH is 1. The number of hydrogen-bond donors (Lipinski definition) is 4. The molecule has 2 atom stereocenters. The third kappa shape index (κ3) is 4.24. The maximum atomic E-state index is 13.0. The minimum Gasteiger partial charge on any atom is -0.397 e. The maximum Gasteiger partial charge on any atom is 0.276 e. The van der Waals surface area contributed by atoms with Crippen LogP contribution in [-0.2, 0) is 0 Å². The Balaban J connectivity index is 1.61. The molecule has 4 rings (SSSR count). The van der Waals surface area contributed by atoms with E-state index in [1.165, 1.54) is 0 Å². The maximum absolute atomic E-state index is 13.0. The van der Waals surface area contributed by atoms with E-state index in [2.05, 4.69) is 15.3 Å². The van der Waals surface area contributed by atoms with Crippen molar-refractivity contribution in [3.05, 3.63) is 66.6 Å². The highest BCUT2D eigenvalue weighted by Gasteiger charge is 2.26. The first-order chi connectivity index (χ1) is 14.5. The zero-order valence-corrected chi connectivity index (χ0v) is 16.4. The molecule has 30 heavy (non-hydrogen) atoms. The molecule has 154 valence electrons. The molecule has 3 aromatic rings. The number of aliphatic hydroxyl groups is 1. The lowest BCUT2D eigenvalue weighted by molar-refractivity contribution is 0.102. The molecule has 0 aliphatic carbocycles. The van der Waals surface area contributed by atoms with Crippen molar-refractivity contribution in [2.24, 2.45) is 5.73 Å². The summed E-state index contributed by atoms with van der Waals surface area (Å²) in [5.41, 5.74) is 15.3. The standard InChI is InChI=1S/C22H24N6O2/c23-15-10-16(29)13-28(12-15)20-8-9-25-11-19(20)27-22(30)21-17(24)6-7-18(26-21)14-4-2-1-3-5-14/h1-9,11,15-16,29H,10,12-13,23-24H2,(H,27,30)/t15-,16-/m0/s1. The third-order valence-corrected chi connectivity index (χ3v) is 5.06. The molecular formula is C22H24N6O2. The van der Waals surface area contributed by atoms with Gasteiger partial charge in [0.2, 0.25) is 0 Å². The van der Waals surface area contributed by atoms with E-state index in [0.717, 1.165) is 11.3 Å². The largest absolute Gasteiger partial charge is 0.397 e. The number of nitrogen functional groups attached to an aromatic ring is 1. The number of benzene rings is 1. The zero-order valence-electron chi connectivity index (χ0n) is 16.4. The van der Waals surface area contributed by atoms with E-state index in [1.807, 2.05) is 35.2 Å². The molecule has 0 radical (unpaired) electrons. The molecule has 3 heterocycles. The molecule has 1 amide bonds. The number of rotatable bonds is 4. The minimum atomic E-state index is -0.523. The number of pyridine rings is 2. The van der Waals surface area contributed by atoms with Gasteiger partial charge in [-0.1, -0.05) is 30.3 Å². The van der Waals surface area contributed by atoms with Crippen molar-refractivity contribution in [2.75, 3.05) is 29.0 Å². The van der Waals surface area contributed by atoms with E-state index in [9.17, 15) is 9.90 Å². The van der Waals surface area contributed by atoms with Crippen LogP contribution in [0.2, 0.25) is 0 Å². The van der Waals surface area contributed by atoms with Gasteiger partial charge in [-0.3, -0.25) is 9.78 Å². The van der Waals surface area contributed by atoms with Crippen molar-refractivity contribution in [3.63, 3.8) is 0 Å². The van der Waals surface area contributed by atoms with Crippen molar-refractivity contribution < 1.29 is 9.90 Å². The Labute approximate surface area is 174 Å². The molecule has 8 heteroatoms. The fraction of sp³-hybridized carbons (Fsp3) is 0.227. The first kappa shape index (κ1) is 19.8. The molecule has 0 spiro atoms. The van der Waals surface area contributed by atoms with Crippen LogP contribution in [0, 0.1) is 0 Å². The molecule has 1 fully saturated rings. The molecule has 1 aliphatic rings. The fourth-order valence-corrected chi connectivity index (χ4v) is 3.67. The average Bonchev–Trinajstić information content (AvgIpc) is 2.74. The third-order valence-electron chi connectivity index (χ3n) is 5.06. The number of nitrogens with two attached hydrogens (primary N) is 2.